The van der Waals surface area contributed by atoms with Gasteiger partial charge in [-0.05, 0) is 35.9 Å². The normalized spacial score (nSPS) is 10.4. The average molecular weight is 255 g/mol. The Morgan fingerprint density at radius 3 is 2.72 bits per heavy atom. The number of nitrogens with one attached hydrogen (secondary N) is 2. The molecule has 0 aliphatic carbocycles. The maximum atomic E-state index is 4.30. The number of hydrogen-bond donors (Lipinski definition) is 2. The van der Waals surface area contributed by atoms with Crippen LogP contribution in [-0.4, -0.2) is 9.97 Å². The zero-order valence-corrected chi connectivity index (χ0v) is 10.6. The molecule has 0 saturated carbocycles. The summed E-state index contributed by atoms with van der Waals surface area (Å²) >= 11 is 1.66. The van der Waals surface area contributed by atoms with Gasteiger partial charge in [0.05, 0.1) is 0 Å². The lowest BCUT2D eigenvalue weighted by molar-refractivity contribution is 1.15. The Balaban J connectivity index is 1.68. The van der Waals surface area contributed by atoms with Crippen LogP contribution in [0.25, 0.3) is 10.6 Å². The monoisotopic (exact) mass is 255 g/mol. The number of aromatic nitrogens is 2. The molecule has 0 saturated heterocycles. The first kappa shape index (κ1) is 11.0. The van der Waals surface area contributed by atoms with E-state index in [9.17, 15) is 0 Å². The van der Waals surface area contributed by atoms with E-state index in [1.807, 2.05) is 24.0 Å². The summed E-state index contributed by atoms with van der Waals surface area (Å²) in [6.45, 7) is 0.833. The molecule has 1 aromatic carbocycles. The molecule has 2 aromatic heterocycles. The van der Waals surface area contributed by atoms with E-state index in [0.29, 0.717) is 0 Å². The minimum Gasteiger partial charge on any atom is -0.381 e. The van der Waals surface area contributed by atoms with Crippen molar-refractivity contribution in [3.05, 3.63) is 59.9 Å². The van der Waals surface area contributed by atoms with Gasteiger partial charge in [0, 0.05) is 41.8 Å². The molecule has 0 spiro atoms. The summed E-state index contributed by atoms with van der Waals surface area (Å²) in [5.41, 5.74) is 3.53. The van der Waals surface area contributed by atoms with E-state index in [4.69, 9.17) is 0 Å². The molecule has 0 aliphatic rings. The molecule has 0 unspecified atom stereocenters. The minimum atomic E-state index is 0.833. The molecular weight excluding hydrogens is 242 g/mol. The summed E-state index contributed by atoms with van der Waals surface area (Å²) in [5, 5.41) is 6.44. The maximum Gasteiger partial charge on any atom is 0.123 e. The molecule has 0 fully saturated rings. The van der Waals surface area contributed by atoms with Gasteiger partial charge in [-0.15, -0.1) is 11.3 Å². The standard InChI is InChI=1S/C14H13N3S/c1-3-13(17-10-11-5-6-15-9-11)4-2-12(1)14-16-7-8-18-14/h1-9,15,17H,10H2. The van der Waals surface area contributed by atoms with Crippen molar-refractivity contribution in [2.24, 2.45) is 0 Å². The zero-order valence-electron chi connectivity index (χ0n) is 9.76. The van der Waals surface area contributed by atoms with Crippen LogP contribution in [0.15, 0.2) is 54.3 Å². The number of anilines is 1. The highest BCUT2D eigenvalue weighted by atomic mass is 32.1. The third-order valence-corrected chi connectivity index (χ3v) is 3.55. The van der Waals surface area contributed by atoms with E-state index in [0.717, 1.165) is 22.8 Å². The predicted molar refractivity (Wildman–Crippen MR) is 75.7 cm³/mol. The van der Waals surface area contributed by atoms with E-state index in [2.05, 4.69) is 45.6 Å². The molecule has 3 nitrogen and oxygen atoms in total. The van der Waals surface area contributed by atoms with Gasteiger partial charge in [-0.2, -0.15) is 0 Å². The topological polar surface area (TPSA) is 40.7 Å². The lowest BCUT2D eigenvalue weighted by Gasteiger charge is -2.05. The Hall–Kier alpha value is -2.07. The van der Waals surface area contributed by atoms with Crippen molar-refractivity contribution in [2.75, 3.05) is 5.32 Å². The smallest absolute Gasteiger partial charge is 0.123 e. The molecule has 3 aromatic rings. The Morgan fingerprint density at radius 2 is 2.06 bits per heavy atom. The van der Waals surface area contributed by atoms with Crippen LogP contribution < -0.4 is 5.32 Å². The van der Waals surface area contributed by atoms with Crippen LogP contribution in [0.4, 0.5) is 5.69 Å². The van der Waals surface area contributed by atoms with E-state index in [1.165, 1.54) is 5.56 Å². The number of rotatable bonds is 4. The van der Waals surface area contributed by atoms with Crippen LogP contribution in [0.5, 0.6) is 0 Å². The number of aromatic amines is 1. The predicted octanol–water partition coefficient (Wildman–Crippen LogP) is 3.75. The number of hydrogen-bond acceptors (Lipinski definition) is 3. The quantitative estimate of drug-likeness (QED) is 0.745. The molecule has 90 valence electrons. The Bertz CT molecular complexity index is 583. The van der Waals surface area contributed by atoms with Gasteiger partial charge in [0.25, 0.3) is 0 Å². The molecule has 0 amide bonds. The SMILES string of the molecule is c1csc(-c2ccc(NCc3cc[nH]c3)cc2)n1. The molecule has 2 heterocycles. The minimum absolute atomic E-state index is 0.833. The van der Waals surface area contributed by atoms with Gasteiger partial charge in [0.1, 0.15) is 5.01 Å². The summed E-state index contributed by atoms with van der Waals surface area (Å²) in [5.74, 6) is 0. The molecule has 3 rings (SSSR count). The highest BCUT2D eigenvalue weighted by Crippen LogP contribution is 2.23. The van der Waals surface area contributed by atoms with Gasteiger partial charge < -0.3 is 10.3 Å². The van der Waals surface area contributed by atoms with Crippen LogP contribution in [0.2, 0.25) is 0 Å². The number of nitrogens with zero attached hydrogens (tertiary/aromatic N) is 1. The Kier molecular flexibility index (Phi) is 3.10. The fraction of sp³-hybridized carbons (Fsp3) is 0.0714. The van der Waals surface area contributed by atoms with Crippen molar-refractivity contribution in [2.45, 2.75) is 6.54 Å². The Labute approximate surface area is 110 Å². The van der Waals surface area contributed by atoms with Gasteiger partial charge in [-0.1, -0.05) is 0 Å². The lowest BCUT2D eigenvalue weighted by atomic mass is 10.2. The first-order valence-corrected chi connectivity index (χ1v) is 6.65. The highest BCUT2D eigenvalue weighted by molar-refractivity contribution is 7.13. The van der Waals surface area contributed by atoms with Crippen LogP contribution in [0.1, 0.15) is 5.56 Å². The molecular formula is C14H13N3S. The largest absolute Gasteiger partial charge is 0.381 e. The van der Waals surface area contributed by atoms with Gasteiger partial charge in [0.2, 0.25) is 0 Å². The van der Waals surface area contributed by atoms with Crippen molar-refractivity contribution >= 4 is 17.0 Å². The Morgan fingerprint density at radius 1 is 1.17 bits per heavy atom. The van der Waals surface area contributed by atoms with Gasteiger partial charge in [-0.25, -0.2) is 4.98 Å². The molecule has 18 heavy (non-hydrogen) atoms. The first-order valence-electron chi connectivity index (χ1n) is 5.77. The van der Waals surface area contributed by atoms with Crippen LogP contribution in [0, 0.1) is 0 Å². The molecule has 0 aliphatic heterocycles. The molecule has 4 heteroatoms. The summed E-state index contributed by atoms with van der Waals surface area (Å²) in [6.07, 6.45) is 5.76. The number of benzene rings is 1. The molecule has 0 bridgehead atoms. The van der Waals surface area contributed by atoms with Gasteiger partial charge in [0.15, 0.2) is 0 Å². The average Bonchev–Trinajstić information content (AvgIpc) is 3.10. The van der Waals surface area contributed by atoms with E-state index in [-0.39, 0.29) is 0 Å². The third kappa shape index (κ3) is 2.43. The summed E-state index contributed by atoms with van der Waals surface area (Å²) < 4.78 is 0. The van der Waals surface area contributed by atoms with Crippen LogP contribution >= 0.6 is 11.3 Å². The van der Waals surface area contributed by atoms with Crippen molar-refractivity contribution < 1.29 is 0 Å². The summed E-state index contributed by atoms with van der Waals surface area (Å²) in [6, 6.07) is 10.4. The van der Waals surface area contributed by atoms with Crippen molar-refractivity contribution in [1.82, 2.24) is 9.97 Å². The van der Waals surface area contributed by atoms with Gasteiger partial charge in [-0.3, -0.25) is 0 Å². The number of H-pyrrole nitrogens is 1. The van der Waals surface area contributed by atoms with Crippen molar-refractivity contribution in [3.8, 4) is 10.6 Å². The van der Waals surface area contributed by atoms with Crippen molar-refractivity contribution in [1.29, 1.82) is 0 Å². The van der Waals surface area contributed by atoms with Crippen molar-refractivity contribution in [3.63, 3.8) is 0 Å². The number of thiazole rings is 1. The third-order valence-electron chi connectivity index (χ3n) is 2.72. The van der Waals surface area contributed by atoms with E-state index >= 15 is 0 Å². The first-order chi connectivity index (χ1) is 8.92. The van der Waals surface area contributed by atoms with Crippen LogP contribution in [-0.2, 0) is 6.54 Å². The maximum absolute atomic E-state index is 4.30. The fourth-order valence-corrected chi connectivity index (χ4v) is 2.41. The van der Waals surface area contributed by atoms with Gasteiger partial charge >= 0.3 is 0 Å². The molecule has 0 atom stereocenters. The second kappa shape index (κ2) is 5.06. The highest BCUT2D eigenvalue weighted by Gasteiger charge is 2.00. The second-order valence-corrected chi connectivity index (χ2v) is 4.88. The summed E-state index contributed by atoms with van der Waals surface area (Å²) in [7, 11) is 0. The lowest BCUT2D eigenvalue weighted by Crippen LogP contribution is -1.97. The fourth-order valence-electron chi connectivity index (χ4n) is 1.77. The van der Waals surface area contributed by atoms with E-state index in [1.54, 1.807) is 11.3 Å². The molecule has 0 radical (unpaired) electrons. The van der Waals surface area contributed by atoms with E-state index < -0.39 is 0 Å². The van der Waals surface area contributed by atoms with Crippen LogP contribution in [0.3, 0.4) is 0 Å². The summed E-state index contributed by atoms with van der Waals surface area (Å²) in [4.78, 5) is 7.34. The molecule has 2 N–H and O–H groups in total. The second-order valence-electron chi connectivity index (χ2n) is 3.99. The zero-order chi connectivity index (χ0) is 12.2.